The van der Waals surface area contributed by atoms with Crippen molar-refractivity contribution in [2.75, 3.05) is 0 Å². The number of carbonyl (C=O) groups is 2. The molecule has 1 aliphatic heterocycles. The van der Waals surface area contributed by atoms with Gasteiger partial charge in [-0.15, -0.1) is 0 Å². The summed E-state index contributed by atoms with van der Waals surface area (Å²) in [5.74, 6) is -1.14. The van der Waals surface area contributed by atoms with Gasteiger partial charge in [-0.3, -0.25) is 4.79 Å². The molecule has 1 heterocycles. The fourth-order valence-corrected chi connectivity index (χ4v) is 4.82. The molecule has 1 saturated carbocycles. The van der Waals surface area contributed by atoms with E-state index in [2.05, 4.69) is 5.32 Å². The average Bonchev–Trinajstić information content (AvgIpc) is 2.96. The Balaban J connectivity index is 1.70. The third-order valence-electron chi connectivity index (χ3n) is 6.28. The quantitative estimate of drug-likeness (QED) is 0.572. The molecule has 1 aromatic rings. The van der Waals surface area contributed by atoms with E-state index >= 15 is 0 Å². The van der Waals surface area contributed by atoms with E-state index in [1.54, 1.807) is 12.1 Å². The van der Waals surface area contributed by atoms with Crippen LogP contribution in [-0.2, 0) is 14.3 Å². The number of dihydropyridines is 1. The fraction of sp³-hybridized carbons (Fsp3) is 0.500. The number of benzene rings is 1. The summed E-state index contributed by atoms with van der Waals surface area (Å²) in [5, 5.41) is 3.30. The highest BCUT2D eigenvalue weighted by atomic mass is 19.1. The Morgan fingerprint density at radius 3 is 2.41 bits per heavy atom. The number of nitrogens with one attached hydrogen (secondary N) is 1. The Labute approximate surface area is 171 Å². The van der Waals surface area contributed by atoms with Crippen LogP contribution < -0.4 is 5.32 Å². The van der Waals surface area contributed by atoms with Gasteiger partial charge in [0, 0.05) is 29.3 Å². The zero-order chi connectivity index (χ0) is 20.4. The first-order valence-electron chi connectivity index (χ1n) is 10.7. The smallest absolute Gasteiger partial charge is 0.337 e. The van der Waals surface area contributed by atoms with Crippen molar-refractivity contribution >= 4 is 11.8 Å². The van der Waals surface area contributed by atoms with E-state index in [1.165, 1.54) is 25.0 Å². The average molecular weight is 397 g/mol. The van der Waals surface area contributed by atoms with Crippen LogP contribution >= 0.6 is 0 Å². The van der Waals surface area contributed by atoms with Crippen molar-refractivity contribution in [2.45, 2.75) is 76.7 Å². The standard InChI is InChI=1S/C24H28FNO3/c1-15-21(24(28)29-18-7-4-2-3-5-8-18)22(16-11-13-17(25)14-12-16)23-19(26-15)9-6-10-20(23)27/h11-14,18,22,26H,2-10H2,1H3/t22-/m0/s1. The predicted octanol–water partition coefficient (Wildman–Crippen LogP) is 5.06. The van der Waals surface area contributed by atoms with Crippen LogP contribution in [0.2, 0.25) is 0 Å². The molecular formula is C24H28FNO3. The Kier molecular flexibility index (Phi) is 5.84. The van der Waals surface area contributed by atoms with Crippen molar-refractivity contribution < 1.29 is 18.7 Å². The Bertz CT molecular complexity index is 861. The lowest BCUT2D eigenvalue weighted by Crippen LogP contribution is -2.35. The van der Waals surface area contributed by atoms with Crippen LogP contribution in [0, 0.1) is 5.82 Å². The highest BCUT2D eigenvalue weighted by molar-refractivity contribution is 6.03. The van der Waals surface area contributed by atoms with E-state index in [9.17, 15) is 14.0 Å². The number of hydrogen-bond acceptors (Lipinski definition) is 4. The van der Waals surface area contributed by atoms with E-state index in [-0.39, 0.29) is 23.7 Å². The monoisotopic (exact) mass is 397 g/mol. The maximum Gasteiger partial charge on any atom is 0.337 e. The lowest BCUT2D eigenvalue weighted by molar-refractivity contribution is -0.145. The van der Waals surface area contributed by atoms with Gasteiger partial charge in [0.05, 0.1) is 5.57 Å². The zero-order valence-corrected chi connectivity index (χ0v) is 16.9. The zero-order valence-electron chi connectivity index (χ0n) is 16.9. The maximum absolute atomic E-state index is 13.5. The van der Waals surface area contributed by atoms with Gasteiger partial charge in [-0.1, -0.05) is 25.0 Å². The molecule has 1 N–H and O–H groups in total. The third kappa shape index (κ3) is 4.14. The molecule has 1 fully saturated rings. The molecule has 2 aliphatic carbocycles. The summed E-state index contributed by atoms with van der Waals surface area (Å²) in [7, 11) is 0. The first kappa shape index (κ1) is 19.9. The predicted molar refractivity (Wildman–Crippen MR) is 108 cm³/mol. The second-order valence-electron chi connectivity index (χ2n) is 8.34. The van der Waals surface area contributed by atoms with Gasteiger partial charge < -0.3 is 10.1 Å². The van der Waals surface area contributed by atoms with Gasteiger partial charge in [0.25, 0.3) is 0 Å². The van der Waals surface area contributed by atoms with Crippen LogP contribution in [0.3, 0.4) is 0 Å². The molecule has 0 aromatic heterocycles. The van der Waals surface area contributed by atoms with Crippen LogP contribution in [0.25, 0.3) is 0 Å². The Hall–Kier alpha value is -2.43. The molecule has 0 radical (unpaired) electrons. The van der Waals surface area contributed by atoms with Gasteiger partial charge in [0.1, 0.15) is 11.9 Å². The number of rotatable bonds is 3. The summed E-state index contributed by atoms with van der Waals surface area (Å²) >= 11 is 0. The third-order valence-corrected chi connectivity index (χ3v) is 6.28. The number of allylic oxidation sites excluding steroid dienone is 3. The van der Waals surface area contributed by atoms with E-state index in [4.69, 9.17) is 4.74 Å². The number of hydrogen-bond donors (Lipinski definition) is 1. The van der Waals surface area contributed by atoms with Gasteiger partial charge in [-0.05, 0) is 63.1 Å². The highest BCUT2D eigenvalue weighted by Gasteiger charge is 2.39. The maximum atomic E-state index is 13.5. The van der Waals surface area contributed by atoms with Gasteiger partial charge >= 0.3 is 5.97 Å². The number of halogens is 1. The molecule has 5 heteroatoms. The van der Waals surface area contributed by atoms with Crippen LogP contribution in [0.5, 0.6) is 0 Å². The SMILES string of the molecule is CC1=C(C(=O)OC2CCCCCC2)[C@H](c2ccc(F)cc2)C2=C(CCCC2=O)N1. The second-order valence-corrected chi connectivity index (χ2v) is 8.34. The molecule has 29 heavy (non-hydrogen) atoms. The summed E-state index contributed by atoms with van der Waals surface area (Å²) in [5.41, 5.74) is 3.49. The van der Waals surface area contributed by atoms with Crippen molar-refractivity contribution in [1.29, 1.82) is 0 Å². The molecule has 0 amide bonds. The van der Waals surface area contributed by atoms with Crippen molar-refractivity contribution in [3.8, 4) is 0 Å². The molecule has 1 atom stereocenters. The number of ether oxygens (including phenoxy) is 1. The molecule has 1 aromatic carbocycles. The van der Waals surface area contributed by atoms with Gasteiger partial charge in [-0.25, -0.2) is 9.18 Å². The van der Waals surface area contributed by atoms with Gasteiger partial charge in [0.2, 0.25) is 0 Å². The number of Topliss-reactive ketones (excluding diaryl/α,β-unsaturated/α-hetero) is 1. The summed E-state index contributed by atoms with van der Waals surface area (Å²) < 4.78 is 19.5. The lowest BCUT2D eigenvalue weighted by atomic mass is 9.75. The van der Waals surface area contributed by atoms with Crippen LogP contribution in [0.4, 0.5) is 4.39 Å². The highest BCUT2D eigenvalue weighted by Crippen LogP contribution is 2.42. The normalized spacial score (nSPS) is 23.4. The Morgan fingerprint density at radius 1 is 1.03 bits per heavy atom. The summed E-state index contributed by atoms with van der Waals surface area (Å²) in [4.78, 5) is 26.1. The van der Waals surface area contributed by atoms with Crippen LogP contribution in [0.15, 0.2) is 46.8 Å². The summed E-state index contributed by atoms with van der Waals surface area (Å²) in [6.07, 6.45) is 8.27. The summed E-state index contributed by atoms with van der Waals surface area (Å²) in [6, 6.07) is 6.11. The molecule has 3 aliphatic rings. The van der Waals surface area contributed by atoms with Crippen molar-refractivity contribution in [3.05, 3.63) is 58.2 Å². The minimum Gasteiger partial charge on any atom is -0.459 e. The van der Waals surface area contributed by atoms with Crippen LogP contribution in [-0.4, -0.2) is 17.9 Å². The topological polar surface area (TPSA) is 55.4 Å². The van der Waals surface area contributed by atoms with E-state index in [1.807, 2.05) is 6.92 Å². The first-order chi connectivity index (χ1) is 14.0. The van der Waals surface area contributed by atoms with Crippen LogP contribution in [0.1, 0.15) is 76.2 Å². The van der Waals surface area contributed by atoms with E-state index in [0.717, 1.165) is 55.5 Å². The molecule has 0 saturated heterocycles. The molecule has 0 bridgehead atoms. The molecule has 0 spiro atoms. The van der Waals surface area contributed by atoms with E-state index < -0.39 is 5.92 Å². The number of carbonyl (C=O) groups excluding carboxylic acids is 2. The largest absolute Gasteiger partial charge is 0.459 e. The van der Waals surface area contributed by atoms with Crippen molar-refractivity contribution in [3.63, 3.8) is 0 Å². The number of esters is 1. The van der Waals surface area contributed by atoms with Crippen molar-refractivity contribution in [2.24, 2.45) is 0 Å². The van der Waals surface area contributed by atoms with Gasteiger partial charge in [-0.2, -0.15) is 0 Å². The lowest BCUT2D eigenvalue weighted by Gasteiger charge is -2.34. The Morgan fingerprint density at radius 2 is 1.72 bits per heavy atom. The molecule has 4 rings (SSSR count). The molecular weight excluding hydrogens is 369 g/mol. The van der Waals surface area contributed by atoms with Gasteiger partial charge in [0.15, 0.2) is 5.78 Å². The summed E-state index contributed by atoms with van der Waals surface area (Å²) in [6.45, 7) is 1.86. The second kappa shape index (κ2) is 8.52. The molecule has 154 valence electrons. The molecule has 0 unspecified atom stereocenters. The van der Waals surface area contributed by atoms with E-state index in [0.29, 0.717) is 17.6 Å². The first-order valence-corrected chi connectivity index (χ1v) is 10.7. The minimum atomic E-state index is -0.502. The van der Waals surface area contributed by atoms with Crippen molar-refractivity contribution in [1.82, 2.24) is 5.32 Å². The molecule has 4 nitrogen and oxygen atoms in total. The minimum absolute atomic E-state index is 0.0559. The fourth-order valence-electron chi connectivity index (χ4n) is 4.82. The number of ketones is 1.